The average molecular weight is 139 g/mol. The summed E-state index contributed by atoms with van der Waals surface area (Å²) in [4.78, 5) is 2.02. The lowest BCUT2D eigenvalue weighted by molar-refractivity contribution is 0.421. The summed E-state index contributed by atoms with van der Waals surface area (Å²) in [5, 5.41) is 0. The monoisotopic (exact) mass is 139 g/mol. The maximum atomic E-state index is 5.43. The minimum Gasteiger partial charge on any atom is -0.361 e. The van der Waals surface area contributed by atoms with Gasteiger partial charge in [0.1, 0.15) is 0 Å². The highest BCUT2D eigenvalue weighted by Gasteiger charge is 2.00. The minimum absolute atomic E-state index is 0.563. The van der Waals surface area contributed by atoms with E-state index in [1.54, 1.807) is 0 Å². The summed E-state index contributed by atoms with van der Waals surface area (Å²) in [6.07, 6.45) is 6.10. The average Bonchev–Trinajstić information content (AvgIpc) is 2.05. The lowest BCUT2D eigenvalue weighted by Gasteiger charge is -2.20. The van der Waals surface area contributed by atoms with Gasteiger partial charge in [0.25, 0.3) is 0 Å². The van der Waals surface area contributed by atoms with Crippen LogP contribution >= 0.6 is 0 Å². The van der Waals surface area contributed by atoms with Crippen molar-refractivity contribution >= 4 is 0 Å². The Balaban J connectivity index is 2.56. The Bertz CT molecular complexity index is 160. The molecule has 1 aliphatic heterocycles. The van der Waals surface area contributed by atoms with Crippen LogP contribution in [0.1, 0.15) is 0 Å². The molecule has 0 aliphatic carbocycles. The highest BCUT2D eigenvalue weighted by atomic mass is 15.2. The third-order valence-corrected chi connectivity index (χ3v) is 1.49. The van der Waals surface area contributed by atoms with Crippen LogP contribution < -0.4 is 11.5 Å². The van der Waals surface area contributed by atoms with E-state index in [1.165, 1.54) is 0 Å². The van der Waals surface area contributed by atoms with Gasteiger partial charge in [-0.25, -0.2) is 0 Å². The highest BCUT2D eigenvalue weighted by molar-refractivity contribution is 5.23. The fraction of sp³-hybridized carbons (Fsp3) is 0.429. The Morgan fingerprint density at radius 3 is 2.90 bits per heavy atom. The summed E-state index contributed by atoms with van der Waals surface area (Å²) in [6.45, 7) is 2.06. The van der Waals surface area contributed by atoms with Gasteiger partial charge >= 0.3 is 0 Å². The first kappa shape index (κ1) is 7.31. The molecular weight excluding hydrogens is 126 g/mol. The van der Waals surface area contributed by atoms with E-state index in [0.29, 0.717) is 13.2 Å². The van der Waals surface area contributed by atoms with Gasteiger partial charge in [0.2, 0.25) is 0 Å². The van der Waals surface area contributed by atoms with Gasteiger partial charge in [-0.05, 0) is 5.57 Å². The molecule has 0 saturated carbocycles. The van der Waals surface area contributed by atoms with E-state index in [4.69, 9.17) is 11.5 Å². The van der Waals surface area contributed by atoms with Gasteiger partial charge in [-0.15, -0.1) is 0 Å². The zero-order valence-electron chi connectivity index (χ0n) is 5.96. The van der Waals surface area contributed by atoms with E-state index in [1.807, 2.05) is 17.2 Å². The van der Waals surface area contributed by atoms with Crippen LogP contribution in [0.3, 0.4) is 0 Å². The zero-order valence-corrected chi connectivity index (χ0v) is 5.96. The normalized spacial score (nSPS) is 17.4. The number of nitrogens with two attached hydrogens (primary N) is 2. The molecule has 3 nitrogen and oxygen atoms in total. The summed E-state index contributed by atoms with van der Waals surface area (Å²) < 4.78 is 0. The molecule has 0 unspecified atom stereocenters. The minimum atomic E-state index is 0.563. The number of nitrogens with zero attached hydrogens (tertiary/aromatic N) is 1. The summed E-state index contributed by atoms with van der Waals surface area (Å²) in [7, 11) is 0. The molecule has 0 aromatic rings. The van der Waals surface area contributed by atoms with Crippen molar-refractivity contribution in [3.63, 3.8) is 0 Å². The molecule has 0 spiro atoms. The van der Waals surface area contributed by atoms with Crippen molar-refractivity contribution in [2.75, 3.05) is 19.8 Å². The lowest BCUT2D eigenvalue weighted by atomic mass is 10.2. The predicted molar refractivity (Wildman–Crippen MR) is 42.0 cm³/mol. The topological polar surface area (TPSA) is 55.3 Å². The van der Waals surface area contributed by atoms with E-state index >= 15 is 0 Å². The first-order valence-electron chi connectivity index (χ1n) is 3.38. The van der Waals surface area contributed by atoms with Crippen LogP contribution in [0.15, 0.2) is 23.9 Å². The summed E-state index contributed by atoms with van der Waals surface area (Å²) in [6, 6.07) is 0. The third kappa shape index (κ3) is 1.59. The van der Waals surface area contributed by atoms with Gasteiger partial charge in [-0.3, -0.25) is 0 Å². The summed E-state index contributed by atoms with van der Waals surface area (Å²) in [5.74, 6) is 0. The Kier molecular flexibility index (Phi) is 2.48. The molecule has 0 aromatic carbocycles. The second-order valence-electron chi connectivity index (χ2n) is 2.26. The Morgan fingerprint density at radius 1 is 1.50 bits per heavy atom. The quantitative estimate of drug-likeness (QED) is 0.548. The van der Waals surface area contributed by atoms with Crippen molar-refractivity contribution in [3.8, 4) is 0 Å². The Morgan fingerprint density at radius 2 is 2.30 bits per heavy atom. The molecule has 4 N–H and O–H groups in total. The first-order chi connectivity index (χ1) is 4.86. The second-order valence-corrected chi connectivity index (χ2v) is 2.26. The highest BCUT2D eigenvalue weighted by Crippen LogP contribution is 2.03. The number of rotatable bonds is 2. The first-order valence-corrected chi connectivity index (χ1v) is 3.38. The van der Waals surface area contributed by atoms with Crippen molar-refractivity contribution in [1.82, 2.24) is 4.90 Å². The van der Waals surface area contributed by atoms with E-state index in [0.717, 1.165) is 12.1 Å². The molecule has 0 bridgehead atoms. The van der Waals surface area contributed by atoms with E-state index in [9.17, 15) is 0 Å². The molecule has 1 aliphatic rings. The fourth-order valence-corrected chi connectivity index (χ4v) is 0.918. The molecule has 0 radical (unpaired) electrons. The predicted octanol–water partition coefficient (Wildman–Crippen LogP) is -0.383. The molecule has 0 amide bonds. The maximum absolute atomic E-state index is 5.43. The van der Waals surface area contributed by atoms with Gasteiger partial charge in [0, 0.05) is 19.3 Å². The zero-order chi connectivity index (χ0) is 7.40. The van der Waals surface area contributed by atoms with Gasteiger partial charge in [0.05, 0.1) is 6.67 Å². The van der Waals surface area contributed by atoms with Gasteiger partial charge in [-0.2, -0.15) is 0 Å². The van der Waals surface area contributed by atoms with Crippen molar-refractivity contribution in [2.45, 2.75) is 0 Å². The van der Waals surface area contributed by atoms with Crippen LogP contribution in [0.25, 0.3) is 0 Å². The van der Waals surface area contributed by atoms with Gasteiger partial charge in [-0.1, -0.05) is 12.2 Å². The molecular formula is C7H13N3. The second kappa shape index (κ2) is 3.39. The molecule has 1 heterocycles. The smallest absolute Gasteiger partial charge is 0.0655 e. The van der Waals surface area contributed by atoms with E-state index in [-0.39, 0.29) is 0 Å². The van der Waals surface area contributed by atoms with Crippen LogP contribution in [0.5, 0.6) is 0 Å². The van der Waals surface area contributed by atoms with Crippen LogP contribution in [-0.2, 0) is 0 Å². The largest absolute Gasteiger partial charge is 0.361 e. The standard InChI is InChI=1S/C7H13N3/c8-4-7-2-1-3-10(5-7)6-9/h1-2,5H,3-4,6,8-9H2. The molecule has 1 rings (SSSR count). The molecule has 10 heavy (non-hydrogen) atoms. The van der Waals surface area contributed by atoms with Crippen LogP contribution in [0, 0.1) is 0 Å². The van der Waals surface area contributed by atoms with Gasteiger partial charge in [0.15, 0.2) is 0 Å². The van der Waals surface area contributed by atoms with E-state index in [2.05, 4.69) is 6.08 Å². The molecule has 0 fully saturated rings. The molecule has 3 heteroatoms. The van der Waals surface area contributed by atoms with Crippen molar-refractivity contribution in [3.05, 3.63) is 23.9 Å². The van der Waals surface area contributed by atoms with Crippen molar-refractivity contribution < 1.29 is 0 Å². The van der Waals surface area contributed by atoms with Gasteiger partial charge < -0.3 is 16.4 Å². The lowest BCUT2D eigenvalue weighted by Crippen LogP contribution is -2.27. The molecule has 0 saturated heterocycles. The number of hydrogen-bond donors (Lipinski definition) is 2. The summed E-state index contributed by atoms with van der Waals surface area (Å²) >= 11 is 0. The molecule has 0 aromatic heterocycles. The van der Waals surface area contributed by atoms with Crippen LogP contribution in [0.4, 0.5) is 0 Å². The molecule has 0 atom stereocenters. The van der Waals surface area contributed by atoms with E-state index < -0.39 is 0 Å². The Hall–Kier alpha value is -0.800. The third-order valence-electron chi connectivity index (χ3n) is 1.49. The van der Waals surface area contributed by atoms with Crippen molar-refractivity contribution in [1.29, 1.82) is 0 Å². The Labute approximate surface area is 61.0 Å². The maximum Gasteiger partial charge on any atom is 0.0655 e. The van der Waals surface area contributed by atoms with Crippen LogP contribution in [-0.4, -0.2) is 24.7 Å². The summed E-state index contributed by atoms with van der Waals surface area (Å²) in [5.41, 5.74) is 12.0. The van der Waals surface area contributed by atoms with Crippen LogP contribution in [0.2, 0.25) is 0 Å². The SMILES string of the molecule is NCC1=CN(CN)CC=C1. The number of hydrogen-bond acceptors (Lipinski definition) is 3. The fourth-order valence-electron chi connectivity index (χ4n) is 0.918. The van der Waals surface area contributed by atoms with Crippen molar-refractivity contribution in [2.24, 2.45) is 11.5 Å². The molecule has 56 valence electrons.